The molecule has 0 amide bonds. The highest BCUT2D eigenvalue weighted by molar-refractivity contribution is 6.37. The fourth-order valence-electron chi connectivity index (χ4n) is 1.69. The van der Waals surface area contributed by atoms with Crippen molar-refractivity contribution >= 4 is 28.9 Å². The fourth-order valence-corrected chi connectivity index (χ4v) is 2.31. The number of nitrogen functional groups attached to an aromatic ring is 1. The van der Waals surface area contributed by atoms with E-state index in [2.05, 4.69) is 0 Å². The van der Waals surface area contributed by atoms with Crippen LogP contribution >= 0.6 is 23.2 Å². The summed E-state index contributed by atoms with van der Waals surface area (Å²) in [4.78, 5) is 0. The average molecular weight is 328 g/mol. The number of methoxy groups -OCH3 is 1. The van der Waals surface area contributed by atoms with E-state index in [0.717, 1.165) is 11.5 Å². The van der Waals surface area contributed by atoms with Crippen LogP contribution < -0.4 is 19.9 Å². The van der Waals surface area contributed by atoms with Crippen molar-refractivity contribution in [2.24, 2.45) is 0 Å². The quantitative estimate of drug-likeness (QED) is 0.642. The Balaban J connectivity index is 1.84. The SMILES string of the molecule is COc1ccc(OCCOc2c(Cl)cc(N)cc2Cl)cc1. The van der Waals surface area contributed by atoms with E-state index in [1.807, 2.05) is 24.3 Å². The van der Waals surface area contributed by atoms with Crippen molar-refractivity contribution in [1.82, 2.24) is 0 Å². The number of anilines is 1. The van der Waals surface area contributed by atoms with E-state index < -0.39 is 0 Å². The first-order valence-electron chi connectivity index (χ1n) is 6.24. The number of hydrogen-bond acceptors (Lipinski definition) is 4. The molecule has 0 fully saturated rings. The molecule has 0 bridgehead atoms. The predicted molar refractivity (Wildman–Crippen MR) is 84.9 cm³/mol. The van der Waals surface area contributed by atoms with E-state index >= 15 is 0 Å². The minimum absolute atomic E-state index is 0.315. The van der Waals surface area contributed by atoms with Gasteiger partial charge in [0.25, 0.3) is 0 Å². The van der Waals surface area contributed by atoms with Crippen LogP contribution in [-0.2, 0) is 0 Å². The number of nitrogens with two attached hydrogens (primary N) is 1. The maximum Gasteiger partial charge on any atom is 0.156 e. The Morgan fingerprint density at radius 1 is 0.905 bits per heavy atom. The first-order chi connectivity index (χ1) is 10.1. The third-order valence-electron chi connectivity index (χ3n) is 2.68. The summed E-state index contributed by atoms with van der Waals surface area (Å²) in [6.45, 7) is 0.679. The second-order valence-corrected chi connectivity index (χ2v) is 5.00. The van der Waals surface area contributed by atoms with Crippen molar-refractivity contribution in [2.75, 3.05) is 26.1 Å². The molecule has 0 aliphatic carbocycles. The van der Waals surface area contributed by atoms with Gasteiger partial charge in [0, 0.05) is 5.69 Å². The first-order valence-corrected chi connectivity index (χ1v) is 7.00. The molecule has 0 aliphatic heterocycles. The zero-order valence-electron chi connectivity index (χ0n) is 11.4. The van der Waals surface area contributed by atoms with Crippen molar-refractivity contribution in [1.29, 1.82) is 0 Å². The van der Waals surface area contributed by atoms with Crippen LogP contribution in [0.3, 0.4) is 0 Å². The molecule has 0 spiro atoms. The van der Waals surface area contributed by atoms with Gasteiger partial charge in [-0.1, -0.05) is 23.2 Å². The van der Waals surface area contributed by atoms with Gasteiger partial charge < -0.3 is 19.9 Å². The number of hydrogen-bond donors (Lipinski definition) is 1. The van der Waals surface area contributed by atoms with E-state index in [9.17, 15) is 0 Å². The van der Waals surface area contributed by atoms with Crippen LogP contribution in [0.1, 0.15) is 0 Å². The van der Waals surface area contributed by atoms with Crippen molar-refractivity contribution < 1.29 is 14.2 Å². The maximum atomic E-state index is 6.02. The van der Waals surface area contributed by atoms with Crippen LogP contribution in [-0.4, -0.2) is 20.3 Å². The van der Waals surface area contributed by atoms with E-state index in [1.165, 1.54) is 0 Å². The van der Waals surface area contributed by atoms with Gasteiger partial charge in [-0.2, -0.15) is 0 Å². The van der Waals surface area contributed by atoms with Crippen LogP contribution in [0.2, 0.25) is 10.0 Å². The third kappa shape index (κ3) is 4.34. The van der Waals surface area contributed by atoms with Gasteiger partial charge in [-0.05, 0) is 36.4 Å². The van der Waals surface area contributed by atoms with Crippen molar-refractivity contribution in [3.63, 3.8) is 0 Å². The van der Waals surface area contributed by atoms with Crippen molar-refractivity contribution in [3.05, 3.63) is 46.4 Å². The molecule has 4 nitrogen and oxygen atoms in total. The summed E-state index contributed by atoms with van der Waals surface area (Å²) in [7, 11) is 1.61. The Kier molecular flexibility index (Phi) is 5.42. The fraction of sp³-hybridized carbons (Fsp3) is 0.200. The standard InChI is InChI=1S/C15H15Cl2NO3/c1-19-11-2-4-12(5-3-11)20-6-7-21-15-13(16)8-10(18)9-14(15)17/h2-5,8-9H,6-7,18H2,1H3. The second kappa shape index (κ2) is 7.29. The average Bonchev–Trinajstić information content (AvgIpc) is 2.46. The van der Waals surface area contributed by atoms with Crippen LogP contribution in [0, 0.1) is 0 Å². The minimum atomic E-state index is 0.315. The van der Waals surface area contributed by atoms with Crippen molar-refractivity contribution in [2.45, 2.75) is 0 Å². The predicted octanol–water partition coefficient (Wildman–Crippen LogP) is 4.04. The maximum absolute atomic E-state index is 6.02. The topological polar surface area (TPSA) is 53.7 Å². The molecular formula is C15H15Cl2NO3. The molecular weight excluding hydrogens is 313 g/mol. The lowest BCUT2D eigenvalue weighted by atomic mass is 10.3. The highest BCUT2D eigenvalue weighted by Gasteiger charge is 2.08. The lowest BCUT2D eigenvalue weighted by Crippen LogP contribution is -2.09. The molecule has 2 N–H and O–H groups in total. The highest BCUT2D eigenvalue weighted by atomic mass is 35.5. The molecule has 2 aromatic carbocycles. The van der Waals surface area contributed by atoms with Crippen LogP contribution in [0.4, 0.5) is 5.69 Å². The molecule has 6 heteroatoms. The van der Waals surface area contributed by atoms with Gasteiger partial charge in [-0.15, -0.1) is 0 Å². The van der Waals surface area contributed by atoms with E-state index in [4.69, 9.17) is 43.1 Å². The molecule has 0 unspecified atom stereocenters. The van der Waals surface area contributed by atoms with Gasteiger partial charge in [0.2, 0.25) is 0 Å². The van der Waals surface area contributed by atoms with E-state index in [-0.39, 0.29) is 0 Å². The highest BCUT2D eigenvalue weighted by Crippen LogP contribution is 2.34. The van der Waals surface area contributed by atoms with E-state index in [0.29, 0.717) is 34.7 Å². The molecule has 2 rings (SSSR count). The molecule has 21 heavy (non-hydrogen) atoms. The molecule has 0 aliphatic rings. The largest absolute Gasteiger partial charge is 0.497 e. The van der Waals surface area contributed by atoms with Gasteiger partial charge >= 0.3 is 0 Å². The van der Waals surface area contributed by atoms with Gasteiger partial charge in [0.1, 0.15) is 24.7 Å². The Hall–Kier alpha value is -1.78. The summed E-state index contributed by atoms with van der Waals surface area (Å²) in [6, 6.07) is 10.5. The molecule has 0 aromatic heterocycles. The number of rotatable bonds is 6. The Labute approximate surface area is 133 Å². The summed E-state index contributed by atoms with van der Waals surface area (Å²) in [5, 5.41) is 0.758. The molecule has 0 radical (unpaired) electrons. The molecule has 112 valence electrons. The smallest absolute Gasteiger partial charge is 0.156 e. The first kappa shape index (κ1) is 15.6. The molecule has 0 saturated heterocycles. The van der Waals surface area contributed by atoms with Gasteiger partial charge in [0.15, 0.2) is 5.75 Å². The molecule has 0 saturated carbocycles. The zero-order chi connectivity index (χ0) is 15.2. The molecule has 0 heterocycles. The number of benzene rings is 2. The van der Waals surface area contributed by atoms with Gasteiger partial charge in [0.05, 0.1) is 17.2 Å². The van der Waals surface area contributed by atoms with Gasteiger partial charge in [-0.3, -0.25) is 0 Å². The summed E-state index contributed by atoms with van der Waals surface area (Å²) in [5.41, 5.74) is 6.12. The molecule has 2 aromatic rings. The number of ether oxygens (including phenoxy) is 3. The second-order valence-electron chi connectivity index (χ2n) is 4.19. The summed E-state index contributed by atoms with van der Waals surface area (Å²) >= 11 is 12.0. The lowest BCUT2D eigenvalue weighted by Gasteiger charge is -2.11. The van der Waals surface area contributed by atoms with Crippen LogP contribution in [0.5, 0.6) is 17.2 Å². The Bertz CT molecular complexity index is 579. The summed E-state index contributed by atoms with van der Waals surface area (Å²) in [5.74, 6) is 1.92. The summed E-state index contributed by atoms with van der Waals surface area (Å²) in [6.07, 6.45) is 0. The molecule has 0 atom stereocenters. The zero-order valence-corrected chi connectivity index (χ0v) is 12.9. The third-order valence-corrected chi connectivity index (χ3v) is 3.24. The lowest BCUT2D eigenvalue weighted by molar-refractivity contribution is 0.217. The van der Waals surface area contributed by atoms with E-state index in [1.54, 1.807) is 19.2 Å². The van der Waals surface area contributed by atoms with Crippen molar-refractivity contribution in [3.8, 4) is 17.2 Å². The minimum Gasteiger partial charge on any atom is -0.497 e. The normalized spacial score (nSPS) is 10.2. The van der Waals surface area contributed by atoms with Crippen LogP contribution in [0.25, 0.3) is 0 Å². The Morgan fingerprint density at radius 2 is 1.43 bits per heavy atom. The monoisotopic (exact) mass is 327 g/mol. The number of halogens is 2. The van der Waals surface area contributed by atoms with Gasteiger partial charge in [-0.25, -0.2) is 0 Å². The summed E-state index contributed by atoms with van der Waals surface area (Å²) < 4.78 is 16.1. The Morgan fingerprint density at radius 3 is 2.00 bits per heavy atom. The van der Waals surface area contributed by atoms with Crippen LogP contribution in [0.15, 0.2) is 36.4 Å².